The molecule has 0 aromatic heterocycles. The van der Waals surface area contributed by atoms with E-state index in [9.17, 15) is 0 Å². The number of rotatable bonds is 1. The molecule has 16 heavy (non-hydrogen) atoms. The van der Waals surface area contributed by atoms with Gasteiger partial charge in [-0.1, -0.05) is 36.3 Å². The van der Waals surface area contributed by atoms with E-state index in [0.717, 1.165) is 0 Å². The number of nitrogens with zero attached hydrogens (tertiary/aromatic N) is 1. The molecule has 0 unspecified atom stereocenters. The molecule has 76 valence electrons. The highest BCUT2D eigenvalue weighted by Crippen LogP contribution is 2.33. The van der Waals surface area contributed by atoms with Crippen LogP contribution in [-0.4, -0.2) is 4.57 Å². The van der Waals surface area contributed by atoms with Gasteiger partial charge in [0.15, 0.2) is 0 Å². The van der Waals surface area contributed by atoms with E-state index in [1.165, 1.54) is 22.0 Å². The fraction of sp³-hybridized carbons (Fsp3) is 0.0667. The van der Waals surface area contributed by atoms with Crippen LogP contribution in [0.4, 0.5) is 0 Å². The van der Waals surface area contributed by atoms with Gasteiger partial charge in [0.25, 0.3) is 0 Å². The van der Waals surface area contributed by atoms with Crippen LogP contribution in [0.2, 0.25) is 0 Å². The molecule has 0 fully saturated rings. The Labute approximate surface area is 94.7 Å². The predicted molar refractivity (Wildman–Crippen MR) is 67.4 cm³/mol. The zero-order valence-corrected chi connectivity index (χ0v) is 8.85. The normalized spacial score (nSPS) is 10.7. The van der Waals surface area contributed by atoms with E-state index >= 15 is 0 Å². The van der Waals surface area contributed by atoms with Crippen molar-refractivity contribution in [2.75, 3.05) is 0 Å². The summed E-state index contributed by atoms with van der Waals surface area (Å²) in [4.78, 5) is 0. The molecular weight excluding hydrogens is 194 g/mol. The molecule has 1 aliphatic heterocycles. The summed E-state index contributed by atoms with van der Waals surface area (Å²) >= 11 is 0. The van der Waals surface area contributed by atoms with Gasteiger partial charge in [-0.25, -0.2) is 0 Å². The van der Waals surface area contributed by atoms with Crippen LogP contribution in [0.15, 0.2) is 48.7 Å². The van der Waals surface area contributed by atoms with Crippen molar-refractivity contribution in [2.45, 2.75) is 6.54 Å². The van der Waals surface area contributed by atoms with Crippen LogP contribution in [0, 0.1) is 12.3 Å². The second kappa shape index (κ2) is 3.43. The molecule has 0 atom stereocenters. The van der Waals surface area contributed by atoms with Crippen LogP contribution in [0.25, 0.3) is 22.0 Å². The van der Waals surface area contributed by atoms with Crippen LogP contribution in [0.3, 0.4) is 0 Å². The fourth-order valence-electron chi connectivity index (χ4n) is 2.20. The van der Waals surface area contributed by atoms with Gasteiger partial charge in [-0.05, 0) is 22.9 Å². The SMILES string of the molecule is C#CCn1cccc2c3ccccc3cc1-2. The Morgan fingerprint density at radius 1 is 1.12 bits per heavy atom. The van der Waals surface area contributed by atoms with Gasteiger partial charge in [0.05, 0.1) is 12.2 Å². The van der Waals surface area contributed by atoms with Gasteiger partial charge in [0, 0.05) is 11.8 Å². The van der Waals surface area contributed by atoms with Crippen molar-refractivity contribution >= 4 is 10.8 Å². The van der Waals surface area contributed by atoms with E-state index in [1.807, 2.05) is 12.3 Å². The molecule has 0 amide bonds. The maximum atomic E-state index is 5.37. The number of fused-ring (bicyclic) bond motifs is 3. The molecule has 1 nitrogen and oxygen atoms in total. The summed E-state index contributed by atoms with van der Waals surface area (Å²) in [5.74, 6) is 2.68. The highest BCUT2D eigenvalue weighted by Gasteiger charge is 2.10. The highest BCUT2D eigenvalue weighted by atomic mass is 14.9. The van der Waals surface area contributed by atoms with Crippen molar-refractivity contribution in [2.24, 2.45) is 0 Å². The van der Waals surface area contributed by atoms with Crippen LogP contribution in [0.1, 0.15) is 0 Å². The predicted octanol–water partition coefficient (Wildman–Crippen LogP) is 3.38. The van der Waals surface area contributed by atoms with Crippen molar-refractivity contribution in [1.29, 1.82) is 0 Å². The first-order valence-electron chi connectivity index (χ1n) is 5.30. The number of hydrogen-bond donors (Lipinski definition) is 0. The Bertz CT molecular complexity index is 655. The molecule has 0 bridgehead atoms. The van der Waals surface area contributed by atoms with E-state index in [4.69, 9.17) is 6.42 Å². The topological polar surface area (TPSA) is 4.93 Å². The molecular formula is C15H11N. The lowest BCUT2D eigenvalue weighted by molar-refractivity contribution is 0.845. The lowest BCUT2D eigenvalue weighted by atomic mass is 10.1. The highest BCUT2D eigenvalue weighted by molar-refractivity contribution is 6.01. The second-order valence-electron chi connectivity index (χ2n) is 3.87. The minimum absolute atomic E-state index is 0.619. The summed E-state index contributed by atoms with van der Waals surface area (Å²) in [6.45, 7) is 0.619. The summed E-state index contributed by atoms with van der Waals surface area (Å²) in [5.41, 5.74) is 2.48. The summed E-state index contributed by atoms with van der Waals surface area (Å²) in [6.07, 6.45) is 7.40. The molecule has 1 heteroatoms. The molecule has 0 N–H and O–H groups in total. The molecule has 0 saturated heterocycles. The maximum Gasteiger partial charge on any atom is 0.0834 e. The summed E-state index contributed by atoms with van der Waals surface area (Å²) in [7, 11) is 0. The molecule has 0 saturated carbocycles. The monoisotopic (exact) mass is 205 g/mol. The van der Waals surface area contributed by atoms with Crippen LogP contribution >= 0.6 is 0 Å². The van der Waals surface area contributed by atoms with Crippen molar-refractivity contribution in [3.05, 3.63) is 48.7 Å². The number of terminal acetylenes is 1. The third kappa shape index (κ3) is 1.20. The minimum atomic E-state index is 0.619. The average molecular weight is 205 g/mol. The summed E-state index contributed by atoms with van der Waals surface area (Å²) in [6, 6.07) is 14.8. The third-order valence-corrected chi connectivity index (χ3v) is 2.92. The van der Waals surface area contributed by atoms with Gasteiger partial charge < -0.3 is 4.57 Å². The van der Waals surface area contributed by atoms with Gasteiger partial charge in [-0.2, -0.15) is 0 Å². The smallest absolute Gasteiger partial charge is 0.0834 e. The number of pyridine rings is 1. The summed E-state index contributed by atoms with van der Waals surface area (Å²) in [5, 5.41) is 2.57. The Balaban J connectivity index is 2.37. The largest absolute Gasteiger partial charge is 0.336 e. The molecule has 2 aliphatic rings. The second-order valence-corrected chi connectivity index (χ2v) is 3.87. The first kappa shape index (κ1) is 9.06. The number of hydrogen-bond acceptors (Lipinski definition) is 0. The van der Waals surface area contributed by atoms with Gasteiger partial charge in [0.2, 0.25) is 0 Å². The molecule has 3 rings (SSSR count). The van der Waals surface area contributed by atoms with Crippen LogP contribution in [0.5, 0.6) is 0 Å². The maximum absolute atomic E-state index is 5.37. The Morgan fingerprint density at radius 3 is 2.88 bits per heavy atom. The number of benzene rings is 1. The molecule has 1 aromatic carbocycles. The van der Waals surface area contributed by atoms with E-state index in [0.29, 0.717) is 6.54 Å². The van der Waals surface area contributed by atoms with E-state index < -0.39 is 0 Å². The van der Waals surface area contributed by atoms with Gasteiger partial charge in [-0.3, -0.25) is 0 Å². The quantitative estimate of drug-likeness (QED) is 0.537. The van der Waals surface area contributed by atoms with Crippen molar-refractivity contribution in [3.63, 3.8) is 0 Å². The van der Waals surface area contributed by atoms with Gasteiger partial charge in [0.1, 0.15) is 0 Å². The van der Waals surface area contributed by atoms with Crippen molar-refractivity contribution in [1.82, 2.24) is 4.57 Å². The Morgan fingerprint density at radius 2 is 2.00 bits per heavy atom. The van der Waals surface area contributed by atoms with Gasteiger partial charge >= 0.3 is 0 Å². The van der Waals surface area contributed by atoms with Crippen molar-refractivity contribution in [3.8, 4) is 23.6 Å². The zero-order chi connectivity index (χ0) is 11.0. The molecule has 1 aliphatic carbocycles. The Kier molecular flexibility index (Phi) is 1.94. The van der Waals surface area contributed by atoms with Crippen LogP contribution in [-0.2, 0) is 6.54 Å². The molecule has 0 radical (unpaired) electrons. The van der Waals surface area contributed by atoms with E-state index in [2.05, 4.69) is 46.9 Å². The van der Waals surface area contributed by atoms with Gasteiger partial charge in [-0.15, -0.1) is 6.42 Å². The average Bonchev–Trinajstić information content (AvgIpc) is 2.69. The van der Waals surface area contributed by atoms with E-state index in [-0.39, 0.29) is 0 Å². The zero-order valence-electron chi connectivity index (χ0n) is 8.85. The third-order valence-electron chi connectivity index (χ3n) is 2.92. The first-order valence-corrected chi connectivity index (χ1v) is 5.30. The molecule has 1 aromatic rings. The fourth-order valence-corrected chi connectivity index (χ4v) is 2.20. The van der Waals surface area contributed by atoms with Crippen LogP contribution < -0.4 is 0 Å². The number of aromatic nitrogens is 1. The van der Waals surface area contributed by atoms with E-state index in [1.54, 1.807) is 0 Å². The molecule has 0 spiro atoms. The minimum Gasteiger partial charge on any atom is -0.336 e. The first-order chi connectivity index (χ1) is 7.90. The lowest BCUT2D eigenvalue weighted by Gasteiger charge is -2.09. The Hall–Kier alpha value is -2.20. The standard InChI is InChI=1S/C15H11N/c1-2-9-16-10-5-8-14-13-7-4-3-6-12(13)11-15(14)16/h1,3-8,10-11H,9H2. The summed E-state index contributed by atoms with van der Waals surface area (Å²) < 4.78 is 2.11. The van der Waals surface area contributed by atoms with Crippen molar-refractivity contribution < 1.29 is 0 Å². The molecule has 1 heterocycles. The lowest BCUT2D eigenvalue weighted by Crippen LogP contribution is -1.99.